The molecule has 102 valence electrons. The molecule has 1 heterocycles. The number of anilines is 2. The zero-order chi connectivity index (χ0) is 14.3. The van der Waals surface area contributed by atoms with Crippen molar-refractivity contribution in [3.8, 4) is 0 Å². The van der Waals surface area contributed by atoms with Gasteiger partial charge in [0.1, 0.15) is 5.82 Å². The number of fused-ring (bicyclic) bond motifs is 1. The maximum Gasteiger partial charge on any atom is 0.337 e. The van der Waals surface area contributed by atoms with E-state index in [0.717, 1.165) is 22.1 Å². The number of hydrogen-bond donors (Lipinski definition) is 1. The highest BCUT2D eigenvalue weighted by Crippen LogP contribution is 2.37. The Labute approximate surface area is 123 Å². The summed E-state index contributed by atoms with van der Waals surface area (Å²) in [4.78, 5) is 13.2. The molecule has 1 N–H and O–H groups in total. The number of carbonyl (C=O) groups is 1. The molecular formula is C15H11BrFNO2. The zero-order valence-electron chi connectivity index (χ0n) is 10.4. The molecule has 0 saturated heterocycles. The van der Waals surface area contributed by atoms with Gasteiger partial charge < -0.3 is 10.0 Å². The summed E-state index contributed by atoms with van der Waals surface area (Å²) in [5, 5.41) is 9.30. The molecule has 1 aliphatic rings. The number of hydrogen-bond acceptors (Lipinski definition) is 2. The van der Waals surface area contributed by atoms with E-state index < -0.39 is 5.97 Å². The van der Waals surface area contributed by atoms with Crippen LogP contribution >= 0.6 is 15.9 Å². The van der Waals surface area contributed by atoms with Crippen molar-refractivity contribution >= 4 is 33.3 Å². The maximum atomic E-state index is 13.4. The Kier molecular flexibility index (Phi) is 3.22. The number of benzene rings is 2. The fourth-order valence-electron chi connectivity index (χ4n) is 2.51. The van der Waals surface area contributed by atoms with Crippen LogP contribution in [0, 0.1) is 5.82 Å². The summed E-state index contributed by atoms with van der Waals surface area (Å²) in [6.07, 6.45) is 0.779. The summed E-state index contributed by atoms with van der Waals surface area (Å²) in [7, 11) is 0. The molecule has 0 fully saturated rings. The second-order valence-electron chi connectivity index (χ2n) is 4.64. The van der Waals surface area contributed by atoms with Crippen LogP contribution in [-0.2, 0) is 6.42 Å². The molecule has 0 aromatic heterocycles. The highest BCUT2D eigenvalue weighted by molar-refractivity contribution is 9.10. The summed E-state index contributed by atoms with van der Waals surface area (Å²) < 4.78 is 14.2. The smallest absolute Gasteiger partial charge is 0.337 e. The first-order valence-corrected chi connectivity index (χ1v) is 6.94. The fraction of sp³-hybridized carbons (Fsp3) is 0.133. The van der Waals surface area contributed by atoms with Crippen molar-refractivity contribution < 1.29 is 14.3 Å². The molecule has 2 aromatic rings. The van der Waals surface area contributed by atoms with Crippen molar-refractivity contribution in [1.29, 1.82) is 0 Å². The zero-order valence-corrected chi connectivity index (χ0v) is 12.0. The molecule has 0 amide bonds. The highest BCUT2D eigenvalue weighted by Gasteiger charge is 2.24. The summed E-state index contributed by atoms with van der Waals surface area (Å²) in [5.74, 6) is -1.31. The number of aromatic carboxylic acids is 1. The number of halogens is 2. The monoisotopic (exact) mass is 335 g/mol. The lowest BCUT2D eigenvalue weighted by atomic mass is 10.1. The van der Waals surface area contributed by atoms with Gasteiger partial charge in [0, 0.05) is 16.7 Å². The third-order valence-electron chi connectivity index (χ3n) is 3.42. The van der Waals surface area contributed by atoms with Crippen LogP contribution in [0.5, 0.6) is 0 Å². The van der Waals surface area contributed by atoms with E-state index in [1.54, 1.807) is 24.3 Å². The van der Waals surface area contributed by atoms with Crippen LogP contribution < -0.4 is 4.90 Å². The molecule has 20 heavy (non-hydrogen) atoms. The van der Waals surface area contributed by atoms with E-state index in [9.17, 15) is 14.3 Å². The van der Waals surface area contributed by atoms with Gasteiger partial charge in [-0.25, -0.2) is 9.18 Å². The van der Waals surface area contributed by atoms with E-state index in [1.807, 2.05) is 4.90 Å². The van der Waals surface area contributed by atoms with E-state index in [4.69, 9.17) is 0 Å². The quantitative estimate of drug-likeness (QED) is 0.902. The number of nitrogens with zero attached hydrogens (tertiary/aromatic N) is 1. The molecule has 2 aromatic carbocycles. The molecule has 3 nitrogen and oxygen atoms in total. The molecule has 1 aliphatic heterocycles. The molecule has 0 saturated carbocycles. The van der Waals surface area contributed by atoms with Gasteiger partial charge in [0.05, 0.1) is 11.3 Å². The summed E-state index contributed by atoms with van der Waals surface area (Å²) in [6, 6.07) is 9.64. The lowest BCUT2D eigenvalue weighted by molar-refractivity contribution is 0.0697. The van der Waals surface area contributed by atoms with Crippen LogP contribution in [0.15, 0.2) is 40.9 Å². The Morgan fingerprint density at radius 3 is 2.75 bits per heavy atom. The van der Waals surface area contributed by atoms with Crippen molar-refractivity contribution in [3.63, 3.8) is 0 Å². The van der Waals surface area contributed by atoms with E-state index >= 15 is 0 Å². The first-order chi connectivity index (χ1) is 9.56. The van der Waals surface area contributed by atoms with Crippen molar-refractivity contribution in [1.82, 2.24) is 0 Å². The van der Waals surface area contributed by atoms with Crippen LogP contribution in [0.25, 0.3) is 0 Å². The minimum absolute atomic E-state index is 0.213. The van der Waals surface area contributed by atoms with Crippen LogP contribution in [0.1, 0.15) is 15.9 Å². The van der Waals surface area contributed by atoms with Crippen LogP contribution in [0.4, 0.5) is 15.8 Å². The predicted octanol–water partition coefficient (Wildman–Crippen LogP) is 3.98. The first-order valence-electron chi connectivity index (χ1n) is 6.15. The molecule has 0 atom stereocenters. The molecule has 0 radical (unpaired) electrons. The second-order valence-corrected chi connectivity index (χ2v) is 5.56. The molecule has 3 rings (SSSR count). The predicted molar refractivity (Wildman–Crippen MR) is 78.2 cm³/mol. The molecule has 5 heteroatoms. The number of carboxylic acid groups (broad SMARTS) is 1. The van der Waals surface area contributed by atoms with E-state index in [0.29, 0.717) is 12.2 Å². The first kappa shape index (κ1) is 13.1. The van der Waals surface area contributed by atoms with Gasteiger partial charge in [-0.3, -0.25) is 0 Å². The maximum absolute atomic E-state index is 13.4. The van der Waals surface area contributed by atoms with Gasteiger partial charge >= 0.3 is 5.97 Å². The van der Waals surface area contributed by atoms with E-state index in [2.05, 4.69) is 15.9 Å². The molecule has 0 spiro atoms. The Morgan fingerprint density at radius 1 is 1.20 bits per heavy atom. The Hall–Kier alpha value is -1.88. The summed E-state index contributed by atoms with van der Waals surface area (Å²) in [6.45, 7) is 0.648. The molecule has 0 unspecified atom stereocenters. The number of carboxylic acids is 1. The molecular weight excluding hydrogens is 325 g/mol. The SMILES string of the molecule is O=C(O)c1ccc(Br)cc1N1CCc2ccc(F)cc21. The largest absolute Gasteiger partial charge is 0.478 e. The van der Waals surface area contributed by atoms with Crippen molar-refractivity contribution in [2.24, 2.45) is 0 Å². The minimum atomic E-state index is -0.989. The molecule has 0 bridgehead atoms. The van der Waals surface area contributed by atoms with Gasteiger partial charge in [-0.2, -0.15) is 0 Å². The summed E-state index contributed by atoms with van der Waals surface area (Å²) >= 11 is 3.35. The number of rotatable bonds is 2. The van der Waals surface area contributed by atoms with E-state index in [1.165, 1.54) is 12.1 Å². The van der Waals surface area contributed by atoms with Crippen molar-refractivity contribution in [2.75, 3.05) is 11.4 Å². The van der Waals surface area contributed by atoms with Gasteiger partial charge in [0.25, 0.3) is 0 Å². The topological polar surface area (TPSA) is 40.5 Å². The third-order valence-corrected chi connectivity index (χ3v) is 3.92. The van der Waals surface area contributed by atoms with Crippen LogP contribution in [0.3, 0.4) is 0 Å². The van der Waals surface area contributed by atoms with E-state index in [-0.39, 0.29) is 11.4 Å². The van der Waals surface area contributed by atoms with Gasteiger partial charge in [-0.1, -0.05) is 22.0 Å². The van der Waals surface area contributed by atoms with Gasteiger partial charge in [0.15, 0.2) is 0 Å². The molecule has 0 aliphatic carbocycles. The lowest BCUT2D eigenvalue weighted by Gasteiger charge is -2.22. The van der Waals surface area contributed by atoms with Crippen LogP contribution in [-0.4, -0.2) is 17.6 Å². The summed E-state index contributed by atoms with van der Waals surface area (Å²) in [5.41, 5.74) is 2.56. The van der Waals surface area contributed by atoms with Crippen molar-refractivity contribution in [3.05, 3.63) is 57.8 Å². The van der Waals surface area contributed by atoms with Gasteiger partial charge in [-0.05, 0) is 42.3 Å². The Bertz CT molecular complexity index is 702. The standard InChI is InChI=1S/C15H11BrFNO2/c16-10-2-4-12(15(19)20)14(7-10)18-6-5-9-1-3-11(17)8-13(9)18/h1-4,7-8H,5-6H2,(H,19,20). The lowest BCUT2D eigenvalue weighted by Crippen LogP contribution is -2.17. The fourth-order valence-corrected chi connectivity index (χ4v) is 2.86. The Morgan fingerprint density at radius 2 is 2.00 bits per heavy atom. The van der Waals surface area contributed by atoms with Crippen molar-refractivity contribution in [2.45, 2.75) is 6.42 Å². The average Bonchev–Trinajstić information content (AvgIpc) is 2.81. The average molecular weight is 336 g/mol. The third kappa shape index (κ3) is 2.18. The normalized spacial score (nSPS) is 13.4. The Balaban J connectivity index is 2.14. The second kappa shape index (κ2) is 4.90. The van der Waals surface area contributed by atoms with Gasteiger partial charge in [0.2, 0.25) is 0 Å². The highest BCUT2D eigenvalue weighted by atomic mass is 79.9. The minimum Gasteiger partial charge on any atom is -0.478 e. The van der Waals surface area contributed by atoms with Crippen LogP contribution in [0.2, 0.25) is 0 Å². The van der Waals surface area contributed by atoms with Gasteiger partial charge in [-0.15, -0.1) is 0 Å².